The smallest absolute Gasteiger partial charge is 0.293 e. The molecule has 1 aliphatic heterocycles. The molecular weight excluding hydrogens is 371 g/mol. The van der Waals surface area contributed by atoms with Crippen LogP contribution in [0.3, 0.4) is 0 Å². The summed E-state index contributed by atoms with van der Waals surface area (Å²) in [5.74, 6) is -1.21. The van der Waals surface area contributed by atoms with Crippen molar-refractivity contribution in [1.82, 2.24) is 10.2 Å². The van der Waals surface area contributed by atoms with Crippen LogP contribution in [-0.4, -0.2) is 47.8 Å². The Morgan fingerprint density at radius 3 is 2.78 bits per heavy atom. The van der Waals surface area contributed by atoms with Gasteiger partial charge in [-0.15, -0.1) is 0 Å². The number of hydrogen-bond acceptors (Lipinski definition) is 5. The fraction of sp³-hybridized carbons (Fsp3) is 0.421. The molecular formula is C19H21FN2O4S. The average molecular weight is 392 g/mol. The highest BCUT2D eigenvalue weighted by atomic mass is 32.2. The van der Waals surface area contributed by atoms with E-state index in [9.17, 15) is 18.8 Å². The van der Waals surface area contributed by atoms with Gasteiger partial charge in [-0.1, -0.05) is 31.0 Å². The van der Waals surface area contributed by atoms with E-state index in [1.165, 1.54) is 18.2 Å². The molecule has 0 unspecified atom stereocenters. The summed E-state index contributed by atoms with van der Waals surface area (Å²) in [6.45, 7) is 0.200. The van der Waals surface area contributed by atoms with Gasteiger partial charge in [-0.25, -0.2) is 4.39 Å². The Balaban J connectivity index is 1.47. The SMILES string of the molecule is O=C(COC1CCCC1)NCCN1C(=O)S/C(=C\c2ccccc2F)C1=O. The number of benzene rings is 1. The third kappa shape index (κ3) is 5.17. The van der Waals surface area contributed by atoms with E-state index >= 15 is 0 Å². The van der Waals surface area contributed by atoms with E-state index < -0.39 is 17.0 Å². The molecule has 3 amide bonds. The quantitative estimate of drug-likeness (QED) is 0.722. The van der Waals surface area contributed by atoms with E-state index in [-0.39, 0.29) is 42.2 Å². The molecule has 1 aromatic carbocycles. The van der Waals surface area contributed by atoms with Crippen molar-refractivity contribution in [3.05, 3.63) is 40.6 Å². The topological polar surface area (TPSA) is 75.7 Å². The van der Waals surface area contributed by atoms with Crippen LogP contribution in [0.4, 0.5) is 9.18 Å². The third-order valence-corrected chi connectivity index (χ3v) is 5.38. The van der Waals surface area contributed by atoms with Gasteiger partial charge in [0.1, 0.15) is 12.4 Å². The summed E-state index contributed by atoms with van der Waals surface area (Å²) in [7, 11) is 0. The molecule has 0 spiro atoms. The minimum Gasteiger partial charge on any atom is -0.368 e. The number of nitrogens with one attached hydrogen (secondary N) is 1. The van der Waals surface area contributed by atoms with Crippen molar-refractivity contribution in [2.75, 3.05) is 19.7 Å². The van der Waals surface area contributed by atoms with E-state index in [0.717, 1.165) is 42.3 Å². The summed E-state index contributed by atoms with van der Waals surface area (Å²) < 4.78 is 19.2. The molecule has 1 aliphatic carbocycles. The lowest BCUT2D eigenvalue weighted by molar-refractivity contribution is -0.128. The monoisotopic (exact) mass is 392 g/mol. The molecule has 3 rings (SSSR count). The molecule has 0 bridgehead atoms. The van der Waals surface area contributed by atoms with Crippen molar-refractivity contribution in [3.63, 3.8) is 0 Å². The molecule has 0 radical (unpaired) electrons. The van der Waals surface area contributed by atoms with Crippen molar-refractivity contribution >= 4 is 34.9 Å². The standard InChI is InChI=1S/C19H21FN2O4S/c20-15-8-4-1-5-13(15)11-16-18(24)22(19(25)27-16)10-9-21-17(23)12-26-14-6-2-3-7-14/h1,4-5,8,11,14H,2-3,6-7,9-10,12H2,(H,21,23)/b16-11-. The molecule has 0 atom stereocenters. The lowest BCUT2D eigenvalue weighted by Gasteiger charge is -2.14. The fourth-order valence-electron chi connectivity index (χ4n) is 3.03. The van der Waals surface area contributed by atoms with E-state index in [1.54, 1.807) is 12.1 Å². The number of amides is 3. The van der Waals surface area contributed by atoms with E-state index in [4.69, 9.17) is 4.74 Å². The minimum atomic E-state index is -0.482. The first-order valence-corrected chi connectivity index (χ1v) is 9.74. The van der Waals surface area contributed by atoms with Crippen molar-refractivity contribution in [2.45, 2.75) is 31.8 Å². The van der Waals surface area contributed by atoms with Crippen LogP contribution in [0.15, 0.2) is 29.2 Å². The summed E-state index contributed by atoms with van der Waals surface area (Å²) in [4.78, 5) is 37.4. The molecule has 8 heteroatoms. The first-order valence-electron chi connectivity index (χ1n) is 8.93. The molecule has 1 aromatic rings. The Morgan fingerprint density at radius 2 is 2.04 bits per heavy atom. The summed E-state index contributed by atoms with van der Waals surface area (Å²) in [5.41, 5.74) is 0.250. The second kappa shape index (κ2) is 9.14. The Morgan fingerprint density at radius 1 is 1.30 bits per heavy atom. The molecule has 1 saturated carbocycles. The van der Waals surface area contributed by atoms with Gasteiger partial charge >= 0.3 is 0 Å². The van der Waals surface area contributed by atoms with Crippen LogP contribution in [0.25, 0.3) is 6.08 Å². The molecule has 2 aliphatic rings. The Bertz CT molecular complexity index is 762. The van der Waals surface area contributed by atoms with Crippen LogP contribution >= 0.6 is 11.8 Å². The second-order valence-electron chi connectivity index (χ2n) is 6.42. The van der Waals surface area contributed by atoms with Crippen molar-refractivity contribution in [1.29, 1.82) is 0 Å². The molecule has 1 heterocycles. The Kier molecular flexibility index (Phi) is 6.63. The maximum Gasteiger partial charge on any atom is 0.293 e. The van der Waals surface area contributed by atoms with Gasteiger partial charge in [0.15, 0.2) is 0 Å². The number of rotatable bonds is 7. The van der Waals surface area contributed by atoms with Crippen LogP contribution in [0.2, 0.25) is 0 Å². The average Bonchev–Trinajstić information content (AvgIpc) is 3.25. The van der Waals surface area contributed by atoms with Crippen LogP contribution < -0.4 is 5.32 Å². The molecule has 144 valence electrons. The summed E-state index contributed by atoms with van der Waals surface area (Å²) >= 11 is 0.766. The van der Waals surface area contributed by atoms with Gasteiger partial charge in [0.25, 0.3) is 11.1 Å². The zero-order chi connectivity index (χ0) is 19.2. The highest BCUT2D eigenvalue weighted by molar-refractivity contribution is 8.18. The number of hydrogen-bond donors (Lipinski definition) is 1. The van der Waals surface area contributed by atoms with Crippen LogP contribution in [0.1, 0.15) is 31.2 Å². The molecule has 6 nitrogen and oxygen atoms in total. The number of imide groups is 1. The highest BCUT2D eigenvalue weighted by Crippen LogP contribution is 2.32. The lowest BCUT2D eigenvalue weighted by Crippen LogP contribution is -2.38. The van der Waals surface area contributed by atoms with Crippen molar-refractivity contribution in [3.8, 4) is 0 Å². The van der Waals surface area contributed by atoms with Gasteiger partial charge in [-0.2, -0.15) is 0 Å². The van der Waals surface area contributed by atoms with Crippen molar-refractivity contribution < 1.29 is 23.5 Å². The third-order valence-electron chi connectivity index (χ3n) is 4.48. The molecule has 0 aromatic heterocycles. The number of nitrogens with zero attached hydrogens (tertiary/aromatic N) is 1. The van der Waals surface area contributed by atoms with Gasteiger partial charge < -0.3 is 10.1 Å². The van der Waals surface area contributed by atoms with Crippen LogP contribution in [0, 0.1) is 5.82 Å². The number of carbonyl (C=O) groups is 3. The first-order chi connectivity index (χ1) is 13.0. The molecule has 1 saturated heterocycles. The molecule has 27 heavy (non-hydrogen) atoms. The normalized spacial score (nSPS) is 19.3. The second-order valence-corrected chi connectivity index (χ2v) is 7.42. The Hall–Kier alpha value is -2.19. The maximum absolute atomic E-state index is 13.7. The number of thioether (sulfide) groups is 1. The number of halogens is 1. The van der Waals surface area contributed by atoms with Gasteiger partial charge in [-0.3, -0.25) is 19.3 Å². The van der Waals surface area contributed by atoms with Crippen LogP contribution in [0.5, 0.6) is 0 Å². The van der Waals surface area contributed by atoms with E-state index in [1.807, 2.05) is 0 Å². The van der Waals surface area contributed by atoms with Crippen LogP contribution in [-0.2, 0) is 14.3 Å². The summed E-state index contributed by atoms with van der Waals surface area (Å²) in [6, 6.07) is 6.03. The molecule has 1 N–H and O–H groups in total. The lowest BCUT2D eigenvalue weighted by atomic mass is 10.2. The van der Waals surface area contributed by atoms with Gasteiger partial charge in [-0.05, 0) is 36.7 Å². The number of ether oxygens (including phenoxy) is 1. The fourth-order valence-corrected chi connectivity index (χ4v) is 3.89. The summed E-state index contributed by atoms with van der Waals surface area (Å²) in [5, 5.41) is 2.22. The zero-order valence-electron chi connectivity index (χ0n) is 14.8. The predicted octanol–water partition coefficient (Wildman–Crippen LogP) is 2.94. The number of carbonyl (C=O) groups excluding carboxylic acids is 3. The minimum absolute atomic E-state index is 0.0141. The predicted molar refractivity (Wildman–Crippen MR) is 100 cm³/mol. The Labute approximate surface area is 161 Å². The highest BCUT2D eigenvalue weighted by Gasteiger charge is 2.34. The van der Waals surface area contributed by atoms with Gasteiger partial charge in [0, 0.05) is 18.7 Å². The molecule has 2 fully saturated rings. The summed E-state index contributed by atoms with van der Waals surface area (Å²) in [6.07, 6.45) is 5.75. The van der Waals surface area contributed by atoms with Gasteiger partial charge in [0.05, 0.1) is 11.0 Å². The van der Waals surface area contributed by atoms with Gasteiger partial charge in [0.2, 0.25) is 5.91 Å². The van der Waals surface area contributed by atoms with E-state index in [0.29, 0.717) is 0 Å². The first kappa shape index (κ1) is 19.6. The largest absolute Gasteiger partial charge is 0.368 e. The van der Waals surface area contributed by atoms with Crippen molar-refractivity contribution in [2.24, 2.45) is 0 Å². The maximum atomic E-state index is 13.7. The zero-order valence-corrected chi connectivity index (χ0v) is 15.6. The van der Waals surface area contributed by atoms with E-state index in [2.05, 4.69) is 5.32 Å².